The van der Waals surface area contributed by atoms with E-state index in [1.807, 2.05) is 18.2 Å². The number of hydrogen-bond donors (Lipinski definition) is 2. The third-order valence-electron chi connectivity index (χ3n) is 4.10. The molecule has 0 saturated heterocycles. The van der Waals surface area contributed by atoms with Crippen molar-refractivity contribution in [3.05, 3.63) is 64.2 Å². The van der Waals surface area contributed by atoms with Crippen LogP contribution in [0.3, 0.4) is 0 Å². The van der Waals surface area contributed by atoms with E-state index in [1.165, 1.54) is 16.7 Å². The monoisotopic (exact) mass is 253 g/mol. The highest BCUT2D eigenvalue weighted by atomic mass is 16.3. The molecule has 2 nitrogen and oxygen atoms in total. The molecule has 0 bridgehead atoms. The van der Waals surface area contributed by atoms with Crippen molar-refractivity contribution in [1.82, 2.24) is 0 Å². The summed E-state index contributed by atoms with van der Waals surface area (Å²) in [5.41, 5.74) is 12.4. The molecule has 0 saturated carbocycles. The van der Waals surface area contributed by atoms with Gasteiger partial charge >= 0.3 is 0 Å². The van der Waals surface area contributed by atoms with E-state index in [-0.39, 0.29) is 0 Å². The van der Waals surface area contributed by atoms with Crippen LogP contribution in [0.4, 0.5) is 5.69 Å². The van der Waals surface area contributed by atoms with Gasteiger partial charge in [-0.25, -0.2) is 0 Å². The molecular formula is C17H19NO. The molecule has 0 heterocycles. The lowest BCUT2D eigenvalue weighted by Gasteiger charge is -2.31. The standard InChI is InChI=1S/C17H19NO/c1-3-12-15-8-10(2)4-6-13(15)17(19)14-7-5-11(18)9-16(12)14/h4-9,12,17,19H,3,18H2,1-2H3. The van der Waals surface area contributed by atoms with Gasteiger partial charge in [0.15, 0.2) is 0 Å². The van der Waals surface area contributed by atoms with Gasteiger partial charge in [0.1, 0.15) is 6.10 Å². The number of nitrogens with two attached hydrogens (primary N) is 1. The number of fused-ring (bicyclic) bond motifs is 2. The molecule has 3 N–H and O–H groups in total. The van der Waals surface area contributed by atoms with Crippen molar-refractivity contribution < 1.29 is 5.11 Å². The number of aliphatic hydroxyl groups excluding tert-OH is 1. The van der Waals surface area contributed by atoms with Crippen LogP contribution in [0.25, 0.3) is 0 Å². The molecule has 98 valence electrons. The maximum absolute atomic E-state index is 10.6. The number of anilines is 1. The Bertz CT molecular complexity index is 580. The molecule has 2 unspecified atom stereocenters. The zero-order chi connectivity index (χ0) is 13.6. The van der Waals surface area contributed by atoms with Crippen molar-refractivity contribution >= 4 is 5.69 Å². The fourth-order valence-electron chi connectivity index (χ4n) is 3.16. The van der Waals surface area contributed by atoms with Crippen LogP contribution < -0.4 is 5.73 Å². The number of hydrogen-bond acceptors (Lipinski definition) is 2. The molecule has 1 aliphatic carbocycles. The molecular weight excluding hydrogens is 234 g/mol. The van der Waals surface area contributed by atoms with Crippen LogP contribution in [0.5, 0.6) is 0 Å². The third-order valence-corrected chi connectivity index (χ3v) is 4.10. The lowest BCUT2D eigenvalue weighted by molar-refractivity contribution is 0.213. The first-order chi connectivity index (χ1) is 9.11. The van der Waals surface area contributed by atoms with E-state index in [9.17, 15) is 5.11 Å². The predicted molar refractivity (Wildman–Crippen MR) is 78.2 cm³/mol. The molecule has 0 amide bonds. The van der Waals surface area contributed by atoms with Crippen LogP contribution in [0.2, 0.25) is 0 Å². The van der Waals surface area contributed by atoms with Gasteiger partial charge in [-0.2, -0.15) is 0 Å². The summed E-state index contributed by atoms with van der Waals surface area (Å²) in [5, 5.41) is 10.6. The molecule has 2 atom stereocenters. The van der Waals surface area contributed by atoms with E-state index in [2.05, 4.69) is 32.0 Å². The molecule has 1 aliphatic rings. The molecule has 0 aliphatic heterocycles. The van der Waals surface area contributed by atoms with Gasteiger partial charge in [-0.3, -0.25) is 0 Å². The van der Waals surface area contributed by atoms with E-state index in [0.29, 0.717) is 5.92 Å². The van der Waals surface area contributed by atoms with Crippen molar-refractivity contribution in [2.24, 2.45) is 0 Å². The zero-order valence-electron chi connectivity index (χ0n) is 11.4. The minimum absolute atomic E-state index is 0.330. The summed E-state index contributed by atoms with van der Waals surface area (Å²) >= 11 is 0. The SMILES string of the molecule is CCC1c2cc(C)ccc2C(O)c2ccc(N)cc21. The lowest BCUT2D eigenvalue weighted by Crippen LogP contribution is -2.18. The highest BCUT2D eigenvalue weighted by Crippen LogP contribution is 2.44. The molecule has 2 aromatic rings. The highest BCUT2D eigenvalue weighted by Gasteiger charge is 2.30. The van der Waals surface area contributed by atoms with Crippen LogP contribution >= 0.6 is 0 Å². The largest absolute Gasteiger partial charge is 0.399 e. The summed E-state index contributed by atoms with van der Waals surface area (Å²) in [4.78, 5) is 0. The smallest absolute Gasteiger partial charge is 0.105 e. The number of nitrogen functional groups attached to an aromatic ring is 1. The second-order valence-electron chi connectivity index (χ2n) is 5.38. The van der Waals surface area contributed by atoms with Gasteiger partial charge in [0.2, 0.25) is 0 Å². The van der Waals surface area contributed by atoms with Crippen molar-refractivity contribution in [3.8, 4) is 0 Å². The minimum atomic E-state index is -0.533. The van der Waals surface area contributed by atoms with E-state index in [1.54, 1.807) is 0 Å². The Labute approximate surface area is 113 Å². The first-order valence-corrected chi connectivity index (χ1v) is 6.79. The van der Waals surface area contributed by atoms with E-state index < -0.39 is 6.10 Å². The molecule has 3 rings (SSSR count). The minimum Gasteiger partial charge on any atom is -0.399 e. The first kappa shape index (κ1) is 12.2. The van der Waals surface area contributed by atoms with Crippen molar-refractivity contribution in [3.63, 3.8) is 0 Å². The summed E-state index contributed by atoms with van der Waals surface area (Å²) < 4.78 is 0. The van der Waals surface area contributed by atoms with Gasteiger partial charge in [-0.1, -0.05) is 36.8 Å². The number of aryl methyl sites for hydroxylation is 1. The zero-order valence-corrected chi connectivity index (χ0v) is 11.4. The van der Waals surface area contributed by atoms with Gasteiger partial charge < -0.3 is 10.8 Å². The predicted octanol–water partition coefficient (Wildman–Crippen LogP) is 3.51. The van der Waals surface area contributed by atoms with Crippen LogP contribution in [-0.4, -0.2) is 5.11 Å². The lowest BCUT2D eigenvalue weighted by atomic mass is 9.75. The third kappa shape index (κ3) is 1.83. The Morgan fingerprint density at radius 3 is 2.32 bits per heavy atom. The van der Waals surface area contributed by atoms with Crippen molar-refractivity contribution in [2.45, 2.75) is 32.3 Å². The fraction of sp³-hybridized carbons (Fsp3) is 0.294. The molecule has 2 aromatic carbocycles. The Morgan fingerprint density at radius 1 is 1.00 bits per heavy atom. The Balaban J connectivity index is 2.26. The maximum atomic E-state index is 10.6. The molecule has 0 aromatic heterocycles. The topological polar surface area (TPSA) is 46.2 Å². The van der Waals surface area contributed by atoms with Crippen LogP contribution in [0.1, 0.15) is 53.2 Å². The highest BCUT2D eigenvalue weighted by molar-refractivity contribution is 5.56. The molecule has 19 heavy (non-hydrogen) atoms. The van der Waals surface area contributed by atoms with Gasteiger partial charge in [-0.05, 0) is 47.7 Å². The van der Waals surface area contributed by atoms with Crippen molar-refractivity contribution in [1.29, 1.82) is 0 Å². The van der Waals surface area contributed by atoms with E-state index in [4.69, 9.17) is 5.73 Å². The number of rotatable bonds is 1. The second-order valence-corrected chi connectivity index (χ2v) is 5.38. The van der Waals surface area contributed by atoms with Crippen molar-refractivity contribution in [2.75, 3.05) is 5.73 Å². The van der Waals surface area contributed by atoms with Gasteiger partial charge in [-0.15, -0.1) is 0 Å². The second kappa shape index (κ2) is 4.39. The molecule has 0 radical (unpaired) electrons. The fourth-order valence-corrected chi connectivity index (χ4v) is 3.16. The summed E-state index contributed by atoms with van der Waals surface area (Å²) in [5.74, 6) is 0.330. The Hall–Kier alpha value is -1.80. The molecule has 0 spiro atoms. The number of aliphatic hydroxyl groups is 1. The van der Waals surface area contributed by atoms with Crippen LogP contribution in [-0.2, 0) is 0 Å². The van der Waals surface area contributed by atoms with E-state index >= 15 is 0 Å². The Kier molecular flexibility index (Phi) is 2.83. The molecule has 2 heteroatoms. The van der Waals surface area contributed by atoms with Crippen LogP contribution in [0, 0.1) is 6.92 Å². The maximum Gasteiger partial charge on any atom is 0.105 e. The first-order valence-electron chi connectivity index (χ1n) is 6.79. The summed E-state index contributed by atoms with van der Waals surface area (Å²) in [7, 11) is 0. The average Bonchev–Trinajstić information content (AvgIpc) is 2.39. The summed E-state index contributed by atoms with van der Waals surface area (Å²) in [6.07, 6.45) is 0.480. The summed E-state index contributed by atoms with van der Waals surface area (Å²) in [6, 6.07) is 12.2. The van der Waals surface area contributed by atoms with Gasteiger partial charge in [0, 0.05) is 11.6 Å². The normalized spacial score (nSPS) is 20.8. The van der Waals surface area contributed by atoms with Crippen LogP contribution in [0.15, 0.2) is 36.4 Å². The van der Waals surface area contributed by atoms with E-state index in [0.717, 1.165) is 23.2 Å². The summed E-state index contributed by atoms with van der Waals surface area (Å²) in [6.45, 7) is 4.27. The van der Waals surface area contributed by atoms with Gasteiger partial charge in [0.05, 0.1) is 0 Å². The number of benzene rings is 2. The average molecular weight is 253 g/mol. The van der Waals surface area contributed by atoms with Gasteiger partial charge in [0.25, 0.3) is 0 Å². The molecule has 0 fully saturated rings. The quantitative estimate of drug-likeness (QED) is 0.764. The Morgan fingerprint density at radius 2 is 1.63 bits per heavy atom.